The number of nitrogens with zero attached hydrogens (tertiary/aromatic N) is 1. The number of carbonyl (C=O) groups is 2. The van der Waals surface area contributed by atoms with E-state index in [-0.39, 0.29) is 0 Å². The maximum absolute atomic E-state index is 11.2. The molecule has 0 saturated heterocycles. The highest BCUT2D eigenvalue weighted by Crippen LogP contribution is 2.30. The first-order valence-corrected chi connectivity index (χ1v) is 5.54. The molecule has 0 aromatic heterocycles. The fraction of sp³-hybridized carbons (Fsp3) is 0.273. The number of aliphatic carboxylic acids is 1. The Bertz CT molecular complexity index is 435. The lowest BCUT2D eigenvalue weighted by atomic mass is 10.1. The molecule has 0 heterocycles. The van der Waals surface area contributed by atoms with Gasteiger partial charge in [-0.25, -0.2) is 4.79 Å². The van der Waals surface area contributed by atoms with Gasteiger partial charge >= 0.3 is 5.97 Å². The molecule has 1 atom stereocenters. The summed E-state index contributed by atoms with van der Waals surface area (Å²) in [4.78, 5) is 23.0. The van der Waals surface area contributed by atoms with Crippen molar-refractivity contribution in [3.05, 3.63) is 28.2 Å². The van der Waals surface area contributed by atoms with Gasteiger partial charge in [-0.1, -0.05) is 15.9 Å². The second kappa shape index (κ2) is 5.67. The molecule has 0 spiro atoms. The van der Waals surface area contributed by atoms with Gasteiger partial charge in [0.25, 0.3) is 0 Å². The quantitative estimate of drug-likeness (QED) is 0.840. The second-order valence-corrected chi connectivity index (χ2v) is 4.25. The zero-order valence-electron chi connectivity index (χ0n) is 9.38. The van der Waals surface area contributed by atoms with E-state index in [2.05, 4.69) is 15.9 Å². The summed E-state index contributed by atoms with van der Waals surface area (Å²) in [6.07, 6.45) is 0.477. The van der Waals surface area contributed by atoms with Crippen LogP contribution < -0.4 is 4.74 Å². The summed E-state index contributed by atoms with van der Waals surface area (Å²) in [6.45, 7) is 0. The van der Waals surface area contributed by atoms with Crippen LogP contribution in [-0.2, 0) is 9.59 Å². The van der Waals surface area contributed by atoms with E-state index < -0.39 is 12.0 Å². The second-order valence-electron chi connectivity index (χ2n) is 3.40. The third-order valence-corrected chi connectivity index (χ3v) is 3.03. The van der Waals surface area contributed by atoms with Gasteiger partial charge < -0.3 is 14.7 Å². The minimum Gasteiger partial charge on any atom is -0.497 e. The fourth-order valence-electron chi connectivity index (χ4n) is 1.45. The predicted octanol–water partition coefficient (Wildman–Crippen LogP) is 1.67. The molecule has 6 heteroatoms. The Morgan fingerprint density at radius 2 is 2.24 bits per heavy atom. The largest absolute Gasteiger partial charge is 0.497 e. The van der Waals surface area contributed by atoms with Crippen LogP contribution in [0.4, 0.5) is 0 Å². The van der Waals surface area contributed by atoms with Crippen LogP contribution in [0.1, 0.15) is 11.6 Å². The third kappa shape index (κ3) is 2.97. The maximum atomic E-state index is 11.2. The maximum Gasteiger partial charge on any atom is 0.331 e. The lowest BCUT2D eigenvalue weighted by Crippen LogP contribution is -2.30. The standard InChI is InChI=1S/C11H12BrNO4/c1-13(6-14)10(11(15)16)8-5-7(17-2)3-4-9(8)12/h3-6,10H,1-2H3,(H,15,16). The van der Waals surface area contributed by atoms with Crippen molar-refractivity contribution in [3.63, 3.8) is 0 Å². The van der Waals surface area contributed by atoms with Gasteiger partial charge in [-0.2, -0.15) is 0 Å². The van der Waals surface area contributed by atoms with Crippen molar-refractivity contribution < 1.29 is 19.4 Å². The molecule has 0 aliphatic heterocycles. The topological polar surface area (TPSA) is 66.8 Å². The van der Waals surface area contributed by atoms with Crippen molar-refractivity contribution in [2.24, 2.45) is 0 Å². The van der Waals surface area contributed by atoms with E-state index in [4.69, 9.17) is 9.84 Å². The first-order chi connectivity index (χ1) is 8.01. The number of carbonyl (C=O) groups excluding carboxylic acids is 1. The molecular weight excluding hydrogens is 290 g/mol. The van der Waals surface area contributed by atoms with E-state index in [1.807, 2.05) is 0 Å². The summed E-state index contributed by atoms with van der Waals surface area (Å²) in [7, 11) is 2.91. The Labute approximate surface area is 107 Å². The molecule has 0 aliphatic carbocycles. The molecule has 0 saturated carbocycles. The van der Waals surface area contributed by atoms with Gasteiger partial charge in [0.05, 0.1) is 7.11 Å². The minimum absolute atomic E-state index is 0.464. The lowest BCUT2D eigenvalue weighted by Gasteiger charge is -2.22. The highest BCUT2D eigenvalue weighted by Gasteiger charge is 2.26. The average Bonchev–Trinajstić information content (AvgIpc) is 2.31. The number of rotatable bonds is 5. The molecule has 0 aliphatic rings. The van der Waals surface area contributed by atoms with E-state index in [1.54, 1.807) is 18.2 Å². The van der Waals surface area contributed by atoms with Crippen LogP contribution in [-0.4, -0.2) is 36.5 Å². The monoisotopic (exact) mass is 301 g/mol. The summed E-state index contributed by atoms with van der Waals surface area (Å²) in [6, 6.07) is 3.93. The molecule has 17 heavy (non-hydrogen) atoms. The van der Waals surface area contributed by atoms with E-state index in [0.717, 1.165) is 4.90 Å². The van der Waals surface area contributed by atoms with E-state index >= 15 is 0 Å². The van der Waals surface area contributed by atoms with Crippen LogP contribution in [0.15, 0.2) is 22.7 Å². The summed E-state index contributed by atoms with van der Waals surface area (Å²) in [5.41, 5.74) is 0.464. The molecule has 92 valence electrons. The Morgan fingerprint density at radius 1 is 1.59 bits per heavy atom. The highest BCUT2D eigenvalue weighted by molar-refractivity contribution is 9.10. The molecule has 1 amide bonds. The molecule has 1 N–H and O–H groups in total. The van der Waals surface area contributed by atoms with Crippen molar-refractivity contribution in [2.45, 2.75) is 6.04 Å². The number of benzene rings is 1. The van der Waals surface area contributed by atoms with Crippen LogP contribution >= 0.6 is 15.9 Å². The molecule has 1 rings (SSSR count). The first-order valence-electron chi connectivity index (χ1n) is 4.74. The van der Waals surface area contributed by atoms with Crippen LogP contribution in [0.2, 0.25) is 0 Å². The number of carboxylic acids is 1. The molecular formula is C11H12BrNO4. The van der Waals surface area contributed by atoms with Gasteiger partial charge in [-0.15, -0.1) is 0 Å². The summed E-state index contributed by atoms with van der Waals surface area (Å²) in [5, 5.41) is 9.15. The van der Waals surface area contributed by atoms with Crippen molar-refractivity contribution in [2.75, 3.05) is 14.2 Å². The Kier molecular flexibility index (Phi) is 4.51. The Morgan fingerprint density at radius 3 is 2.71 bits per heavy atom. The number of likely N-dealkylation sites (N-methyl/N-ethyl adjacent to an activating group) is 1. The minimum atomic E-state index is -1.10. The Balaban J connectivity index is 3.26. The van der Waals surface area contributed by atoms with Gasteiger partial charge in [0.1, 0.15) is 5.75 Å². The molecule has 0 radical (unpaired) electrons. The zero-order chi connectivity index (χ0) is 13.0. The number of amides is 1. The SMILES string of the molecule is COc1ccc(Br)c(C(C(=O)O)N(C)C=O)c1. The number of methoxy groups -OCH3 is 1. The van der Waals surface area contributed by atoms with Gasteiger partial charge in [0, 0.05) is 17.1 Å². The van der Waals surface area contributed by atoms with Crippen molar-refractivity contribution in [1.29, 1.82) is 0 Å². The van der Waals surface area contributed by atoms with Crippen molar-refractivity contribution >= 4 is 28.3 Å². The van der Waals surface area contributed by atoms with E-state index in [0.29, 0.717) is 22.2 Å². The molecule has 5 nitrogen and oxygen atoms in total. The molecule has 1 aromatic carbocycles. The number of halogens is 1. The van der Waals surface area contributed by atoms with Gasteiger partial charge in [0.15, 0.2) is 6.04 Å². The lowest BCUT2D eigenvalue weighted by molar-refractivity contribution is -0.145. The van der Waals surface area contributed by atoms with Crippen molar-refractivity contribution in [1.82, 2.24) is 4.90 Å². The van der Waals surface area contributed by atoms with Crippen LogP contribution in [0.5, 0.6) is 5.75 Å². The van der Waals surface area contributed by atoms with Crippen molar-refractivity contribution in [3.8, 4) is 5.75 Å². The third-order valence-electron chi connectivity index (χ3n) is 2.31. The van der Waals surface area contributed by atoms with Gasteiger partial charge in [-0.05, 0) is 18.2 Å². The number of ether oxygens (including phenoxy) is 1. The smallest absolute Gasteiger partial charge is 0.331 e. The highest BCUT2D eigenvalue weighted by atomic mass is 79.9. The van der Waals surface area contributed by atoms with Crippen LogP contribution in [0, 0.1) is 0 Å². The number of hydrogen-bond acceptors (Lipinski definition) is 3. The first kappa shape index (κ1) is 13.5. The summed E-state index contributed by atoms with van der Waals surface area (Å²) < 4.78 is 5.64. The normalized spacial score (nSPS) is 11.7. The molecule has 1 unspecified atom stereocenters. The van der Waals surface area contributed by atoms with E-state index in [9.17, 15) is 9.59 Å². The predicted molar refractivity (Wildman–Crippen MR) is 64.9 cm³/mol. The van der Waals surface area contributed by atoms with Crippen LogP contribution in [0.25, 0.3) is 0 Å². The number of hydrogen-bond donors (Lipinski definition) is 1. The van der Waals surface area contributed by atoms with Crippen LogP contribution in [0.3, 0.4) is 0 Å². The molecule has 0 bridgehead atoms. The molecule has 1 aromatic rings. The summed E-state index contributed by atoms with van der Waals surface area (Å²) >= 11 is 3.26. The molecule has 0 fully saturated rings. The zero-order valence-corrected chi connectivity index (χ0v) is 11.0. The summed E-state index contributed by atoms with van der Waals surface area (Å²) in [5.74, 6) is -0.567. The number of carboxylic acid groups (broad SMARTS) is 1. The van der Waals surface area contributed by atoms with E-state index in [1.165, 1.54) is 14.2 Å². The van der Waals surface area contributed by atoms with Gasteiger partial charge in [0.2, 0.25) is 6.41 Å². The van der Waals surface area contributed by atoms with Gasteiger partial charge in [-0.3, -0.25) is 4.79 Å². The Hall–Kier alpha value is -1.56. The fourth-order valence-corrected chi connectivity index (χ4v) is 1.91. The average molecular weight is 302 g/mol.